The van der Waals surface area contributed by atoms with E-state index in [2.05, 4.69) is 43.4 Å². The average molecular weight is 339 g/mol. The van der Waals surface area contributed by atoms with Crippen molar-refractivity contribution in [1.82, 2.24) is 0 Å². The van der Waals surface area contributed by atoms with Gasteiger partial charge >= 0.3 is 0 Å². The van der Waals surface area contributed by atoms with Crippen molar-refractivity contribution in [3.8, 4) is 0 Å². The monoisotopic (exact) mass is 338 g/mol. The maximum absolute atomic E-state index is 9.50. The fourth-order valence-electron chi connectivity index (χ4n) is 2.40. The van der Waals surface area contributed by atoms with Crippen LogP contribution in [-0.4, -0.2) is 34.1 Å². The lowest BCUT2D eigenvalue weighted by atomic mass is 10.1. The summed E-state index contributed by atoms with van der Waals surface area (Å²) in [5, 5.41) is 27.4. The number of unbranched alkanes of at least 4 members (excludes halogenated alkanes) is 6. The lowest BCUT2D eigenvalue weighted by molar-refractivity contribution is -0.0185. The van der Waals surface area contributed by atoms with E-state index in [1.165, 1.54) is 25.7 Å². The van der Waals surface area contributed by atoms with Gasteiger partial charge in [-0.25, -0.2) is 0 Å². The molecule has 0 rings (SSSR count). The first-order valence-corrected chi connectivity index (χ1v) is 9.64. The summed E-state index contributed by atoms with van der Waals surface area (Å²) in [6.45, 7) is 1.86. The van der Waals surface area contributed by atoms with Crippen molar-refractivity contribution >= 4 is 0 Å². The van der Waals surface area contributed by atoms with Crippen LogP contribution in [0.1, 0.15) is 77.6 Å². The van der Waals surface area contributed by atoms with Crippen LogP contribution >= 0.6 is 0 Å². The molecule has 24 heavy (non-hydrogen) atoms. The number of hydrogen-bond acceptors (Lipinski definition) is 3. The van der Waals surface area contributed by atoms with E-state index in [4.69, 9.17) is 5.11 Å². The van der Waals surface area contributed by atoms with Gasteiger partial charge in [0.05, 0.1) is 12.7 Å². The van der Waals surface area contributed by atoms with Gasteiger partial charge in [0.1, 0.15) is 6.10 Å². The quantitative estimate of drug-likeness (QED) is 0.283. The molecule has 0 spiro atoms. The summed E-state index contributed by atoms with van der Waals surface area (Å²) in [5.74, 6) is 0. The highest BCUT2D eigenvalue weighted by molar-refractivity contribution is 4.97. The molecule has 0 aromatic carbocycles. The van der Waals surface area contributed by atoms with Crippen molar-refractivity contribution in [3.05, 3.63) is 36.5 Å². The summed E-state index contributed by atoms with van der Waals surface area (Å²) < 4.78 is 0. The van der Waals surface area contributed by atoms with Crippen molar-refractivity contribution in [3.63, 3.8) is 0 Å². The van der Waals surface area contributed by atoms with Crippen molar-refractivity contribution < 1.29 is 15.3 Å². The highest BCUT2D eigenvalue weighted by Crippen LogP contribution is 2.09. The molecule has 3 heteroatoms. The minimum atomic E-state index is -0.997. The van der Waals surface area contributed by atoms with Crippen LogP contribution in [-0.2, 0) is 0 Å². The number of allylic oxidation sites excluding steroid dienone is 6. The second-order valence-electron chi connectivity index (χ2n) is 6.34. The molecular formula is C21H38O3. The van der Waals surface area contributed by atoms with E-state index in [-0.39, 0.29) is 6.61 Å². The third kappa shape index (κ3) is 16.0. The van der Waals surface area contributed by atoms with Gasteiger partial charge in [-0.15, -0.1) is 0 Å². The lowest BCUT2D eigenvalue weighted by Crippen LogP contribution is -2.28. The highest BCUT2D eigenvalue weighted by Gasteiger charge is 2.13. The van der Waals surface area contributed by atoms with E-state index in [0.717, 1.165) is 38.5 Å². The second kappa shape index (κ2) is 18.4. The zero-order valence-corrected chi connectivity index (χ0v) is 15.4. The first-order valence-electron chi connectivity index (χ1n) is 9.64. The van der Waals surface area contributed by atoms with Gasteiger partial charge in [-0.1, -0.05) is 69.1 Å². The molecule has 0 fully saturated rings. The van der Waals surface area contributed by atoms with Crippen molar-refractivity contribution in [1.29, 1.82) is 0 Å². The molecule has 0 radical (unpaired) electrons. The van der Waals surface area contributed by atoms with Gasteiger partial charge in [0.15, 0.2) is 0 Å². The molecule has 0 aromatic heterocycles. The summed E-state index contributed by atoms with van der Waals surface area (Å²) in [5.41, 5.74) is 0. The van der Waals surface area contributed by atoms with Crippen molar-refractivity contribution in [2.45, 2.75) is 89.8 Å². The van der Waals surface area contributed by atoms with E-state index in [9.17, 15) is 10.2 Å². The average Bonchev–Trinajstić information content (AvgIpc) is 2.60. The Labute approximate surface area is 148 Å². The van der Waals surface area contributed by atoms with Crippen LogP contribution in [0, 0.1) is 0 Å². The molecule has 2 unspecified atom stereocenters. The molecule has 3 nitrogen and oxygen atoms in total. The van der Waals surface area contributed by atoms with Crippen LogP contribution in [0.15, 0.2) is 36.5 Å². The molecule has 0 aliphatic carbocycles. The number of aliphatic hydroxyl groups is 3. The van der Waals surface area contributed by atoms with Crippen LogP contribution in [0.2, 0.25) is 0 Å². The molecule has 0 aliphatic heterocycles. The molecule has 0 amide bonds. The Kier molecular flexibility index (Phi) is 17.7. The molecule has 3 N–H and O–H groups in total. The highest BCUT2D eigenvalue weighted by atomic mass is 16.4. The summed E-state index contributed by atoms with van der Waals surface area (Å²) >= 11 is 0. The SMILES string of the molecule is CCCCC/C=C\C/C=C\C/C=C\CCCCCC(O)C(O)CO. The van der Waals surface area contributed by atoms with Gasteiger partial charge < -0.3 is 15.3 Å². The van der Waals surface area contributed by atoms with Gasteiger partial charge in [0.25, 0.3) is 0 Å². The van der Waals surface area contributed by atoms with Crippen LogP contribution in [0.4, 0.5) is 0 Å². The van der Waals surface area contributed by atoms with Crippen LogP contribution < -0.4 is 0 Å². The van der Waals surface area contributed by atoms with Crippen molar-refractivity contribution in [2.24, 2.45) is 0 Å². The summed E-state index contributed by atoms with van der Waals surface area (Å²) in [6.07, 6.45) is 23.4. The van der Waals surface area contributed by atoms with Gasteiger partial charge in [-0.3, -0.25) is 0 Å². The summed E-state index contributed by atoms with van der Waals surface area (Å²) in [4.78, 5) is 0. The first kappa shape index (κ1) is 23.1. The number of rotatable bonds is 16. The molecule has 0 heterocycles. The van der Waals surface area contributed by atoms with E-state index >= 15 is 0 Å². The molecule has 0 saturated heterocycles. The Hall–Kier alpha value is -0.900. The van der Waals surface area contributed by atoms with Gasteiger partial charge in [-0.05, 0) is 44.9 Å². The standard InChI is InChI=1S/C21H38O3/c1-2-3-4-5-6-7-8-9-10-11-12-13-14-15-16-17-18-20(23)21(24)19-22/h6-7,9-10,12-13,20-24H,2-5,8,11,14-19H2,1H3/b7-6-,10-9-,13-12-. The summed E-state index contributed by atoms with van der Waals surface area (Å²) in [7, 11) is 0. The largest absolute Gasteiger partial charge is 0.394 e. The zero-order chi connectivity index (χ0) is 17.9. The number of hydrogen-bond donors (Lipinski definition) is 3. The maximum atomic E-state index is 9.50. The normalized spacial score (nSPS) is 15.0. The fraction of sp³-hybridized carbons (Fsp3) is 0.714. The Morgan fingerprint density at radius 3 is 1.75 bits per heavy atom. The van der Waals surface area contributed by atoms with E-state index in [1.54, 1.807) is 0 Å². The zero-order valence-electron chi connectivity index (χ0n) is 15.4. The van der Waals surface area contributed by atoms with Crippen LogP contribution in [0.3, 0.4) is 0 Å². The summed E-state index contributed by atoms with van der Waals surface area (Å²) in [6, 6.07) is 0. The van der Waals surface area contributed by atoms with Crippen LogP contribution in [0.25, 0.3) is 0 Å². The predicted octanol–water partition coefficient (Wildman–Crippen LogP) is 4.68. The van der Waals surface area contributed by atoms with Gasteiger partial charge in [-0.2, -0.15) is 0 Å². The third-order valence-corrected chi connectivity index (χ3v) is 4.02. The Morgan fingerprint density at radius 2 is 1.21 bits per heavy atom. The van der Waals surface area contributed by atoms with E-state index in [0.29, 0.717) is 6.42 Å². The molecule has 2 atom stereocenters. The molecule has 0 aromatic rings. The molecule has 0 aliphatic rings. The minimum absolute atomic E-state index is 0.369. The first-order chi connectivity index (χ1) is 11.7. The maximum Gasteiger partial charge on any atom is 0.103 e. The second-order valence-corrected chi connectivity index (χ2v) is 6.34. The Balaban J connectivity index is 3.39. The van der Waals surface area contributed by atoms with Crippen molar-refractivity contribution in [2.75, 3.05) is 6.61 Å². The van der Waals surface area contributed by atoms with Crippen LogP contribution in [0.5, 0.6) is 0 Å². The Morgan fingerprint density at radius 1 is 0.667 bits per heavy atom. The van der Waals surface area contributed by atoms with E-state index < -0.39 is 12.2 Å². The molecule has 0 saturated carbocycles. The lowest BCUT2D eigenvalue weighted by Gasteiger charge is -2.14. The molecule has 140 valence electrons. The van der Waals surface area contributed by atoms with Gasteiger partial charge in [0.2, 0.25) is 0 Å². The fourth-order valence-corrected chi connectivity index (χ4v) is 2.40. The van der Waals surface area contributed by atoms with E-state index in [1.807, 2.05) is 0 Å². The Bertz CT molecular complexity index is 334. The topological polar surface area (TPSA) is 60.7 Å². The molecule has 0 bridgehead atoms. The third-order valence-electron chi connectivity index (χ3n) is 4.02. The van der Waals surface area contributed by atoms with Gasteiger partial charge in [0, 0.05) is 0 Å². The number of aliphatic hydroxyl groups excluding tert-OH is 3. The minimum Gasteiger partial charge on any atom is -0.394 e. The molecular weight excluding hydrogens is 300 g/mol. The smallest absolute Gasteiger partial charge is 0.103 e. The predicted molar refractivity (Wildman–Crippen MR) is 103 cm³/mol.